The van der Waals surface area contributed by atoms with Crippen LogP contribution < -0.4 is 10.5 Å². The fraction of sp³-hybridized carbons (Fsp3) is 0.467. The Hall–Kier alpha value is -2.06. The number of methoxy groups -OCH3 is 1. The van der Waals surface area contributed by atoms with Crippen molar-refractivity contribution in [2.45, 2.75) is 31.3 Å². The van der Waals surface area contributed by atoms with E-state index in [1.807, 2.05) is 6.07 Å². The van der Waals surface area contributed by atoms with Crippen LogP contribution in [0.15, 0.2) is 18.2 Å². The Balaban J connectivity index is 2.42. The van der Waals surface area contributed by atoms with E-state index in [4.69, 9.17) is 15.7 Å². The molecule has 106 valence electrons. The summed E-state index contributed by atoms with van der Waals surface area (Å²) in [5.74, 6) is 0.629. The topological polar surface area (TPSA) is 79.3 Å². The Labute approximate surface area is 118 Å². The fourth-order valence-corrected chi connectivity index (χ4v) is 2.73. The first-order valence-corrected chi connectivity index (χ1v) is 6.67. The summed E-state index contributed by atoms with van der Waals surface area (Å²) < 4.78 is 5.14. The molecular formula is C15H19N3O2. The standard InChI is InChI=1S/C15H19N3O2/c1-18-14(19)5-3-4-12(17)15(18)10-6-7-13(20-2)11(8-10)9-16/h6-8,12,15H,3-5,17H2,1-2H3. The number of benzene rings is 1. The molecule has 2 atom stereocenters. The van der Waals surface area contributed by atoms with Gasteiger partial charge in [-0.25, -0.2) is 0 Å². The number of rotatable bonds is 2. The van der Waals surface area contributed by atoms with Crippen molar-refractivity contribution in [3.63, 3.8) is 0 Å². The van der Waals surface area contributed by atoms with Crippen LogP contribution in [0, 0.1) is 11.3 Å². The smallest absolute Gasteiger partial charge is 0.222 e. The van der Waals surface area contributed by atoms with Crippen LogP contribution in [0.1, 0.15) is 36.4 Å². The first kappa shape index (κ1) is 14.4. The van der Waals surface area contributed by atoms with Gasteiger partial charge in [-0.1, -0.05) is 6.07 Å². The van der Waals surface area contributed by atoms with Crippen LogP contribution in [0.25, 0.3) is 0 Å². The summed E-state index contributed by atoms with van der Waals surface area (Å²) in [4.78, 5) is 13.7. The summed E-state index contributed by atoms with van der Waals surface area (Å²) in [6, 6.07) is 7.19. The van der Waals surface area contributed by atoms with Crippen LogP contribution in [0.5, 0.6) is 5.75 Å². The maximum absolute atomic E-state index is 12.0. The van der Waals surface area contributed by atoms with Crippen molar-refractivity contribution in [2.75, 3.05) is 14.2 Å². The van der Waals surface area contributed by atoms with E-state index in [1.165, 1.54) is 7.11 Å². The van der Waals surface area contributed by atoms with E-state index >= 15 is 0 Å². The Bertz CT molecular complexity index is 551. The maximum atomic E-state index is 12.0. The van der Waals surface area contributed by atoms with Gasteiger partial charge < -0.3 is 15.4 Å². The van der Waals surface area contributed by atoms with Gasteiger partial charge in [0, 0.05) is 19.5 Å². The summed E-state index contributed by atoms with van der Waals surface area (Å²) in [5.41, 5.74) is 7.56. The van der Waals surface area contributed by atoms with Gasteiger partial charge in [0.15, 0.2) is 0 Å². The molecule has 1 aliphatic heterocycles. The van der Waals surface area contributed by atoms with Crippen molar-refractivity contribution >= 4 is 5.91 Å². The minimum Gasteiger partial charge on any atom is -0.495 e. The van der Waals surface area contributed by atoms with Gasteiger partial charge in [-0.2, -0.15) is 5.26 Å². The molecule has 0 saturated carbocycles. The molecule has 1 heterocycles. The van der Waals surface area contributed by atoms with E-state index in [0.717, 1.165) is 18.4 Å². The molecule has 0 radical (unpaired) electrons. The average molecular weight is 273 g/mol. The molecule has 1 aliphatic rings. The number of likely N-dealkylation sites (N-methyl/N-ethyl adjacent to an activating group) is 1. The molecule has 1 saturated heterocycles. The number of amides is 1. The molecule has 0 aromatic heterocycles. The number of nitriles is 1. The Morgan fingerprint density at radius 3 is 2.90 bits per heavy atom. The first-order valence-electron chi connectivity index (χ1n) is 6.67. The largest absolute Gasteiger partial charge is 0.495 e. The molecule has 1 amide bonds. The summed E-state index contributed by atoms with van der Waals surface area (Å²) in [6.45, 7) is 0. The van der Waals surface area contributed by atoms with Crippen molar-refractivity contribution in [1.29, 1.82) is 5.26 Å². The van der Waals surface area contributed by atoms with E-state index in [9.17, 15) is 4.79 Å². The Morgan fingerprint density at radius 1 is 1.50 bits per heavy atom. The van der Waals surface area contributed by atoms with E-state index in [1.54, 1.807) is 24.1 Å². The van der Waals surface area contributed by atoms with Crippen molar-refractivity contribution in [1.82, 2.24) is 4.90 Å². The van der Waals surface area contributed by atoms with Gasteiger partial charge >= 0.3 is 0 Å². The monoisotopic (exact) mass is 273 g/mol. The van der Waals surface area contributed by atoms with Crippen LogP contribution in [0.3, 0.4) is 0 Å². The number of ether oxygens (including phenoxy) is 1. The number of hydrogen-bond acceptors (Lipinski definition) is 4. The van der Waals surface area contributed by atoms with Gasteiger partial charge in [0.05, 0.1) is 18.7 Å². The summed E-state index contributed by atoms with van der Waals surface area (Å²) in [7, 11) is 3.30. The number of nitrogens with two attached hydrogens (primary N) is 1. The van der Waals surface area contributed by atoms with Crippen LogP contribution in [-0.4, -0.2) is 31.0 Å². The van der Waals surface area contributed by atoms with Crippen molar-refractivity contribution in [3.8, 4) is 11.8 Å². The molecule has 0 spiro atoms. The minimum atomic E-state index is -0.192. The molecule has 2 unspecified atom stereocenters. The summed E-state index contributed by atoms with van der Waals surface area (Å²) in [5, 5.41) is 9.17. The number of hydrogen-bond donors (Lipinski definition) is 1. The second-order valence-electron chi connectivity index (χ2n) is 5.08. The molecule has 20 heavy (non-hydrogen) atoms. The first-order chi connectivity index (χ1) is 9.58. The molecule has 1 aromatic carbocycles. The maximum Gasteiger partial charge on any atom is 0.222 e. The summed E-state index contributed by atoms with van der Waals surface area (Å²) >= 11 is 0. The molecule has 5 nitrogen and oxygen atoms in total. The number of likely N-dealkylation sites (tertiary alicyclic amines) is 1. The van der Waals surface area contributed by atoms with E-state index < -0.39 is 0 Å². The lowest BCUT2D eigenvalue weighted by atomic mass is 9.95. The number of carbonyl (C=O) groups is 1. The Kier molecular flexibility index (Phi) is 4.26. The van der Waals surface area contributed by atoms with Gasteiger partial charge in [0.25, 0.3) is 0 Å². The van der Waals surface area contributed by atoms with Crippen LogP contribution in [0.2, 0.25) is 0 Å². The lowest BCUT2D eigenvalue weighted by Crippen LogP contribution is -2.39. The van der Waals surface area contributed by atoms with Gasteiger partial charge in [-0.05, 0) is 30.5 Å². The highest BCUT2D eigenvalue weighted by Crippen LogP contribution is 2.31. The van der Waals surface area contributed by atoms with E-state index in [2.05, 4.69) is 6.07 Å². The highest BCUT2D eigenvalue weighted by molar-refractivity contribution is 5.77. The van der Waals surface area contributed by atoms with Crippen LogP contribution >= 0.6 is 0 Å². The molecule has 1 fully saturated rings. The summed E-state index contributed by atoms with van der Waals surface area (Å²) in [6.07, 6.45) is 2.14. The van der Waals surface area contributed by atoms with Crippen molar-refractivity contribution < 1.29 is 9.53 Å². The lowest BCUT2D eigenvalue weighted by molar-refractivity contribution is -0.131. The average Bonchev–Trinajstić information content (AvgIpc) is 2.58. The highest BCUT2D eigenvalue weighted by Gasteiger charge is 2.30. The lowest BCUT2D eigenvalue weighted by Gasteiger charge is -2.31. The predicted molar refractivity (Wildman–Crippen MR) is 75.0 cm³/mol. The predicted octanol–water partition coefficient (Wildman–Crippen LogP) is 1.58. The third kappa shape index (κ3) is 2.61. The molecule has 0 aliphatic carbocycles. The normalized spacial score (nSPS) is 23.1. The van der Waals surface area contributed by atoms with Crippen LogP contribution in [0.4, 0.5) is 0 Å². The number of nitrogens with zero attached hydrogens (tertiary/aromatic N) is 2. The van der Waals surface area contributed by atoms with Crippen LogP contribution in [-0.2, 0) is 4.79 Å². The fourth-order valence-electron chi connectivity index (χ4n) is 2.73. The third-order valence-corrected chi connectivity index (χ3v) is 3.83. The van der Waals surface area contributed by atoms with Gasteiger partial charge in [0.1, 0.15) is 11.8 Å². The molecule has 2 N–H and O–H groups in total. The molecule has 0 bridgehead atoms. The molecule has 2 rings (SSSR count). The quantitative estimate of drug-likeness (QED) is 0.887. The second kappa shape index (κ2) is 5.93. The molecule has 1 aromatic rings. The van der Waals surface area contributed by atoms with Gasteiger partial charge in [-0.15, -0.1) is 0 Å². The van der Waals surface area contributed by atoms with Gasteiger partial charge in [0.2, 0.25) is 5.91 Å². The minimum absolute atomic E-state index is 0.0947. The zero-order valence-electron chi connectivity index (χ0n) is 11.8. The number of carbonyl (C=O) groups excluding carboxylic acids is 1. The van der Waals surface area contributed by atoms with Gasteiger partial charge in [-0.3, -0.25) is 4.79 Å². The SMILES string of the molecule is COc1ccc(C2C(N)CCCC(=O)N2C)cc1C#N. The molecular weight excluding hydrogens is 254 g/mol. The van der Waals surface area contributed by atoms with Crippen molar-refractivity contribution in [3.05, 3.63) is 29.3 Å². The van der Waals surface area contributed by atoms with E-state index in [-0.39, 0.29) is 18.0 Å². The zero-order valence-corrected chi connectivity index (χ0v) is 11.8. The van der Waals surface area contributed by atoms with E-state index in [0.29, 0.717) is 17.7 Å². The second-order valence-corrected chi connectivity index (χ2v) is 5.08. The third-order valence-electron chi connectivity index (χ3n) is 3.83. The van der Waals surface area contributed by atoms with Crippen molar-refractivity contribution in [2.24, 2.45) is 5.73 Å². The Morgan fingerprint density at radius 2 is 2.25 bits per heavy atom. The molecule has 5 heteroatoms. The highest BCUT2D eigenvalue weighted by atomic mass is 16.5. The zero-order chi connectivity index (χ0) is 14.7.